The van der Waals surface area contributed by atoms with Gasteiger partial charge in [-0.25, -0.2) is 0 Å². The van der Waals surface area contributed by atoms with E-state index in [2.05, 4.69) is 79.3 Å². The molecule has 0 bridgehead atoms. The average molecular weight is 1240 g/mol. The molecule has 1 N–H and O–H groups in total. The zero-order valence-electron chi connectivity index (χ0n) is 59.0. The fourth-order valence-corrected chi connectivity index (χ4v) is 25.6. The molecule has 12 rings (SSSR count). The Kier molecular flexibility index (Phi) is 22.7. The Balaban J connectivity index is 0.000000147. The van der Waals surface area contributed by atoms with Crippen LogP contribution in [0.4, 0.5) is 0 Å². The molecule has 21 atom stereocenters. The maximum Gasteiger partial charge on any atom is 0.133 e. The lowest BCUT2D eigenvalue weighted by atomic mass is 9.41. The van der Waals surface area contributed by atoms with Crippen molar-refractivity contribution in [2.75, 3.05) is 33.0 Å². The van der Waals surface area contributed by atoms with Gasteiger partial charge in [0.05, 0.1) is 18.3 Å². The number of aliphatic hydroxyl groups excluding tert-OH is 1. The molecular formula is C79H133N3O7. The van der Waals surface area contributed by atoms with Crippen LogP contribution < -0.4 is 0 Å². The van der Waals surface area contributed by atoms with Gasteiger partial charge in [-0.1, -0.05) is 126 Å². The Hall–Kier alpha value is -1.84. The van der Waals surface area contributed by atoms with Gasteiger partial charge in [0, 0.05) is 76.4 Å². The van der Waals surface area contributed by atoms with Gasteiger partial charge in [-0.2, -0.15) is 0 Å². The summed E-state index contributed by atoms with van der Waals surface area (Å²) in [6.07, 6.45) is 48.6. The van der Waals surface area contributed by atoms with Gasteiger partial charge < -0.3 is 19.3 Å². The largest absolute Gasteiger partial charge is 0.396 e. The minimum Gasteiger partial charge on any atom is -0.396 e. The predicted molar refractivity (Wildman–Crippen MR) is 360 cm³/mol. The number of ketones is 3. The quantitative estimate of drug-likeness (QED) is 0.0491. The molecular weight excluding hydrogens is 1100 g/mol. The van der Waals surface area contributed by atoms with Crippen molar-refractivity contribution in [2.24, 2.45) is 107 Å². The highest BCUT2D eigenvalue weighted by atomic mass is 16.5. The molecule has 0 amide bonds. The van der Waals surface area contributed by atoms with Gasteiger partial charge in [-0.3, -0.25) is 14.4 Å². The fourth-order valence-electron chi connectivity index (χ4n) is 25.6. The third kappa shape index (κ3) is 13.1. The van der Waals surface area contributed by atoms with Crippen LogP contribution in [0, 0.1) is 102 Å². The maximum atomic E-state index is 12.1. The van der Waals surface area contributed by atoms with Crippen molar-refractivity contribution in [1.82, 2.24) is 0 Å². The number of azide groups is 1. The van der Waals surface area contributed by atoms with Crippen molar-refractivity contribution in [1.29, 1.82) is 0 Å². The van der Waals surface area contributed by atoms with Gasteiger partial charge in [0.25, 0.3) is 0 Å². The maximum absolute atomic E-state index is 12.1. The Labute approximate surface area is 543 Å². The molecule has 12 aliphatic carbocycles. The van der Waals surface area contributed by atoms with Gasteiger partial charge in [0.1, 0.15) is 17.3 Å². The lowest BCUT2D eigenvalue weighted by Gasteiger charge is -2.64. The van der Waals surface area contributed by atoms with Crippen LogP contribution in [-0.4, -0.2) is 73.7 Å². The number of aliphatic hydroxyl groups is 1. The standard InChI is InChI=1S/C27H46O2.C26H43N3O2.C26H44O3/c1-5-6-7-8-9-18-29-24-14-17-26(3)23-11-10-20-19-21(28)12-15-25(20,2)22(23)13-16-27(24,26)4;1-24-13-10-20(30)18-19(24)8-9-22-21(24)11-14-26(3)23(12-15-25(22,26)2)31-17-7-5-4-6-16-28-29-27;1-24-13-10-20(28)18-19(24)8-9-22-21(24)11-14-26(3)23(12-15-25(22,26)2)29-17-7-5-4-6-16-27/h20,22-24H,5-19H2,1-4H3;19,21-23H,4-18H2,1-3H3;19,21-23,27H,4-18H2,1-3H3/t20-,22-,23+,24-,25-,26-,27+;2*19-,21-,22+,23-,24-,25-,26+/m000/s1. The first-order chi connectivity index (χ1) is 42.5. The molecule has 10 heteroatoms. The minimum absolute atomic E-state index is 0.295. The van der Waals surface area contributed by atoms with E-state index >= 15 is 0 Å². The molecule has 506 valence electrons. The van der Waals surface area contributed by atoms with E-state index in [1.807, 2.05) is 0 Å². The van der Waals surface area contributed by atoms with E-state index in [1.165, 1.54) is 154 Å². The highest BCUT2D eigenvalue weighted by Crippen LogP contribution is 2.75. The summed E-state index contributed by atoms with van der Waals surface area (Å²) in [7, 11) is 0. The molecule has 0 aromatic carbocycles. The second kappa shape index (κ2) is 28.9. The third-order valence-electron chi connectivity index (χ3n) is 32.2. The molecule has 0 heterocycles. The molecule has 0 aromatic rings. The van der Waals surface area contributed by atoms with E-state index in [9.17, 15) is 14.4 Å². The van der Waals surface area contributed by atoms with E-state index in [4.69, 9.17) is 24.8 Å². The predicted octanol–water partition coefficient (Wildman–Crippen LogP) is 20.5. The third-order valence-corrected chi connectivity index (χ3v) is 32.2. The molecule has 0 aromatic heterocycles. The SMILES string of the molecule is CCCCCCCO[C@H]1CC[C@@]2(C)[C@@H]3CC[C@H]4CC(=O)CC[C@]4(C)[C@H]3CC[C@]12C.C[C@]12CCC(=O)C[C@@H]1CC[C@@H]1[C@@H]2CC[C@]2(C)[C@@H](OCCCCCCN=[N+]=[N-])CC[C@@]12C.C[C@]12CCC(=O)C[C@@H]1CC[C@@H]1[C@@H]2CC[C@]2(C)[C@@H](OCCCCCCO)CC[C@@]12C. The van der Waals surface area contributed by atoms with Gasteiger partial charge >= 0.3 is 0 Å². The van der Waals surface area contributed by atoms with Crippen molar-refractivity contribution in [2.45, 2.75) is 344 Å². The number of hydrogen-bond donors (Lipinski definition) is 1. The molecule has 89 heavy (non-hydrogen) atoms. The number of unbranched alkanes of at least 4 members (excludes halogenated alkanes) is 10. The van der Waals surface area contributed by atoms with Crippen LogP contribution in [0.1, 0.15) is 326 Å². The molecule has 0 spiro atoms. The Morgan fingerprint density at radius 3 is 1.03 bits per heavy atom. The number of fused-ring (bicyclic) bond motifs is 15. The van der Waals surface area contributed by atoms with Crippen LogP contribution in [-0.2, 0) is 28.6 Å². The van der Waals surface area contributed by atoms with E-state index in [0.29, 0.717) is 115 Å². The van der Waals surface area contributed by atoms with Crippen molar-refractivity contribution >= 4 is 17.3 Å². The Morgan fingerprint density at radius 1 is 0.393 bits per heavy atom. The zero-order valence-corrected chi connectivity index (χ0v) is 59.0. The van der Waals surface area contributed by atoms with Gasteiger partial charge in [-0.05, 0) is 274 Å². The first kappa shape index (κ1) is 70.0. The molecule has 12 aliphatic rings. The van der Waals surface area contributed by atoms with E-state index in [-0.39, 0.29) is 0 Å². The van der Waals surface area contributed by atoms with Crippen LogP contribution in [0.3, 0.4) is 0 Å². The topological polar surface area (TPSA) is 148 Å². The summed E-state index contributed by atoms with van der Waals surface area (Å²) in [6, 6.07) is 0. The highest BCUT2D eigenvalue weighted by Gasteiger charge is 2.69. The second-order valence-corrected chi connectivity index (χ2v) is 35.4. The van der Waals surface area contributed by atoms with E-state index in [1.54, 1.807) is 0 Å². The molecule has 0 unspecified atom stereocenters. The Morgan fingerprint density at radius 2 is 0.708 bits per heavy atom. The monoisotopic (exact) mass is 1240 g/mol. The number of Topliss-reactive ketones (excluding diaryl/α,β-unsaturated/α-hetero) is 3. The summed E-state index contributed by atoms with van der Waals surface area (Å²) >= 11 is 0. The number of carbonyl (C=O) groups is 3. The summed E-state index contributed by atoms with van der Waals surface area (Å²) in [5.74, 6) is 8.40. The minimum atomic E-state index is 0.295. The Bertz CT molecular complexity index is 2340. The summed E-state index contributed by atoms with van der Waals surface area (Å²) in [6.45, 7) is 29.1. The van der Waals surface area contributed by atoms with Crippen molar-refractivity contribution in [3.63, 3.8) is 0 Å². The first-order valence-electron chi connectivity index (χ1n) is 38.6. The van der Waals surface area contributed by atoms with Crippen molar-refractivity contribution in [3.8, 4) is 0 Å². The van der Waals surface area contributed by atoms with E-state index in [0.717, 1.165) is 158 Å². The molecule has 0 aliphatic heterocycles. The van der Waals surface area contributed by atoms with Gasteiger partial charge in [0.2, 0.25) is 0 Å². The highest BCUT2D eigenvalue weighted by molar-refractivity contribution is 5.80. The lowest BCUT2D eigenvalue weighted by Crippen LogP contribution is -2.58. The average Bonchev–Trinajstić information content (AvgIpc) is 1.69. The van der Waals surface area contributed by atoms with Crippen molar-refractivity contribution in [3.05, 3.63) is 10.4 Å². The smallest absolute Gasteiger partial charge is 0.133 e. The van der Waals surface area contributed by atoms with Crippen LogP contribution in [0.5, 0.6) is 0 Å². The lowest BCUT2D eigenvalue weighted by molar-refractivity contribution is -0.173. The van der Waals surface area contributed by atoms with Crippen LogP contribution in [0.15, 0.2) is 5.11 Å². The molecule has 0 radical (unpaired) electrons. The summed E-state index contributed by atoms with van der Waals surface area (Å²) in [4.78, 5) is 39.2. The van der Waals surface area contributed by atoms with Crippen molar-refractivity contribution < 1.29 is 33.7 Å². The number of rotatable bonds is 22. The number of carbonyl (C=O) groups excluding carboxylic acids is 3. The first-order valence-corrected chi connectivity index (χ1v) is 38.6. The van der Waals surface area contributed by atoms with E-state index < -0.39 is 0 Å². The zero-order chi connectivity index (χ0) is 63.5. The number of nitrogens with zero attached hydrogens (tertiary/aromatic N) is 3. The summed E-state index contributed by atoms with van der Waals surface area (Å²) in [5.41, 5.74) is 11.7. The number of hydrogen-bond acceptors (Lipinski definition) is 8. The van der Waals surface area contributed by atoms with Crippen LogP contribution in [0.25, 0.3) is 10.4 Å². The molecule has 12 saturated carbocycles. The van der Waals surface area contributed by atoms with Gasteiger partial charge in [-0.15, -0.1) is 0 Å². The normalized spacial score (nSPS) is 45.9. The fraction of sp³-hybridized carbons (Fsp3) is 0.962. The second-order valence-electron chi connectivity index (χ2n) is 35.4. The molecule has 12 fully saturated rings. The molecule has 10 nitrogen and oxygen atoms in total. The van der Waals surface area contributed by atoms with Crippen LogP contribution >= 0.6 is 0 Å². The summed E-state index contributed by atoms with van der Waals surface area (Å²) < 4.78 is 19.7. The molecule has 0 saturated heterocycles. The number of ether oxygens (including phenoxy) is 3. The summed E-state index contributed by atoms with van der Waals surface area (Å²) in [5, 5.41) is 12.6. The van der Waals surface area contributed by atoms with Crippen LogP contribution in [0.2, 0.25) is 0 Å². The van der Waals surface area contributed by atoms with Gasteiger partial charge in [0.15, 0.2) is 0 Å².